The van der Waals surface area contributed by atoms with E-state index in [0.717, 1.165) is 27.7 Å². The van der Waals surface area contributed by atoms with Gasteiger partial charge in [-0.2, -0.15) is 5.10 Å². The van der Waals surface area contributed by atoms with Gasteiger partial charge in [0.1, 0.15) is 12.1 Å². The fourth-order valence-corrected chi connectivity index (χ4v) is 6.21. The molecule has 4 amide bonds. The van der Waals surface area contributed by atoms with Crippen molar-refractivity contribution in [3.05, 3.63) is 95.7 Å². The second-order valence-electron chi connectivity index (χ2n) is 11.4. The van der Waals surface area contributed by atoms with Crippen LogP contribution >= 0.6 is 0 Å². The van der Waals surface area contributed by atoms with Crippen LogP contribution in [0.15, 0.2) is 79.0 Å². The SMILES string of the molecule is CNC(=O)Cc1cccc(CNC(=O)CN2CN(c3ccccc3)C3(CCN(C(=O)c4ccc5[nH]ncc5c4)CC3)C2=O)c1. The van der Waals surface area contributed by atoms with E-state index in [0.29, 0.717) is 31.5 Å². The third-order valence-corrected chi connectivity index (χ3v) is 8.61. The van der Waals surface area contributed by atoms with Gasteiger partial charge in [0.25, 0.3) is 11.8 Å². The fraction of sp³-hybridized carbons (Fsp3) is 0.303. The van der Waals surface area contributed by atoms with Gasteiger partial charge in [-0.25, -0.2) is 0 Å². The number of anilines is 1. The Hall–Kier alpha value is -5.19. The van der Waals surface area contributed by atoms with Crippen molar-refractivity contribution in [1.29, 1.82) is 0 Å². The number of benzene rings is 3. The van der Waals surface area contributed by atoms with E-state index in [1.165, 1.54) is 0 Å². The number of likely N-dealkylation sites (tertiary alicyclic amines) is 1. The Labute approximate surface area is 255 Å². The number of likely N-dealkylation sites (N-methyl/N-ethyl adjacent to an activating group) is 1. The van der Waals surface area contributed by atoms with Crippen molar-refractivity contribution in [2.75, 3.05) is 38.3 Å². The number of hydrogen-bond acceptors (Lipinski definition) is 6. The molecule has 3 heterocycles. The predicted molar refractivity (Wildman–Crippen MR) is 166 cm³/mol. The lowest BCUT2D eigenvalue weighted by Gasteiger charge is -2.43. The van der Waals surface area contributed by atoms with E-state index in [4.69, 9.17) is 0 Å². The Morgan fingerprint density at radius 1 is 0.932 bits per heavy atom. The first-order chi connectivity index (χ1) is 21.4. The highest BCUT2D eigenvalue weighted by Gasteiger charge is 2.54. The van der Waals surface area contributed by atoms with Gasteiger partial charge < -0.3 is 25.3 Å². The molecule has 44 heavy (non-hydrogen) atoms. The van der Waals surface area contributed by atoms with Crippen LogP contribution in [0.5, 0.6) is 0 Å². The Bertz CT molecular complexity index is 1690. The van der Waals surface area contributed by atoms with E-state index in [1.807, 2.05) is 66.7 Å². The predicted octanol–water partition coefficient (Wildman–Crippen LogP) is 2.45. The van der Waals surface area contributed by atoms with Crippen LogP contribution in [0.3, 0.4) is 0 Å². The van der Waals surface area contributed by atoms with E-state index in [2.05, 4.69) is 25.7 Å². The molecule has 3 aromatic carbocycles. The zero-order valence-corrected chi connectivity index (χ0v) is 24.6. The van der Waals surface area contributed by atoms with Gasteiger partial charge in [-0.15, -0.1) is 0 Å². The normalized spacial score (nSPS) is 16.0. The van der Waals surface area contributed by atoms with Crippen LogP contribution in [-0.4, -0.2) is 82.5 Å². The van der Waals surface area contributed by atoms with Gasteiger partial charge in [0, 0.05) is 43.3 Å². The molecule has 3 N–H and O–H groups in total. The minimum absolute atomic E-state index is 0.0738. The summed E-state index contributed by atoms with van der Waals surface area (Å²) < 4.78 is 0. The maximum atomic E-state index is 14.1. The van der Waals surface area contributed by atoms with Gasteiger partial charge in [0.15, 0.2) is 0 Å². The fourth-order valence-electron chi connectivity index (χ4n) is 6.21. The minimum Gasteiger partial charge on any atom is -0.359 e. The smallest absolute Gasteiger partial charge is 0.253 e. The molecule has 2 aliphatic rings. The number of para-hydroxylation sites is 1. The highest BCUT2D eigenvalue weighted by molar-refractivity contribution is 5.99. The molecule has 0 radical (unpaired) electrons. The summed E-state index contributed by atoms with van der Waals surface area (Å²) in [6, 6.07) is 22.7. The summed E-state index contributed by atoms with van der Waals surface area (Å²) in [4.78, 5) is 57.8. The van der Waals surface area contributed by atoms with E-state index in [-0.39, 0.29) is 49.8 Å². The standard InChI is InChI=1S/C33H35N7O4/c1-34-29(41)17-23-6-5-7-24(16-23)19-35-30(42)21-39-22-40(27-8-3-2-4-9-27)33(32(39)44)12-14-38(15-13-33)31(43)25-10-11-28-26(18-25)20-36-37-28/h2-11,16,18,20H,12-15,17,19,21-22H2,1H3,(H,34,41)(H,35,42)(H,36,37). The number of aromatic amines is 1. The summed E-state index contributed by atoms with van der Waals surface area (Å²) in [7, 11) is 1.60. The van der Waals surface area contributed by atoms with Crippen LogP contribution < -0.4 is 15.5 Å². The van der Waals surface area contributed by atoms with Crippen LogP contribution in [0.2, 0.25) is 0 Å². The van der Waals surface area contributed by atoms with E-state index in [9.17, 15) is 19.2 Å². The summed E-state index contributed by atoms with van der Waals surface area (Å²) in [6.07, 6.45) is 2.87. The van der Waals surface area contributed by atoms with Crippen molar-refractivity contribution >= 4 is 40.2 Å². The van der Waals surface area contributed by atoms with Crippen molar-refractivity contribution in [3.8, 4) is 0 Å². The molecule has 2 saturated heterocycles. The highest BCUT2D eigenvalue weighted by Crippen LogP contribution is 2.39. The van der Waals surface area contributed by atoms with Gasteiger partial charge in [-0.3, -0.25) is 24.3 Å². The Balaban J connectivity index is 1.13. The van der Waals surface area contributed by atoms with Crippen LogP contribution in [0.25, 0.3) is 10.9 Å². The average molecular weight is 594 g/mol. The molecule has 226 valence electrons. The van der Waals surface area contributed by atoms with E-state index in [1.54, 1.807) is 29.1 Å². The van der Waals surface area contributed by atoms with Gasteiger partial charge >= 0.3 is 0 Å². The van der Waals surface area contributed by atoms with Crippen LogP contribution in [-0.2, 0) is 27.3 Å². The number of H-pyrrole nitrogens is 1. The van der Waals surface area contributed by atoms with Gasteiger partial charge in [0.2, 0.25) is 11.8 Å². The molecule has 1 spiro atoms. The summed E-state index contributed by atoms with van der Waals surface area (Å²) >= 11 is 0. The van der Waals surface area contributed by atoms with E-state index >= 15 is 0 Å². The summed E-state index contributed by atoms with van der Waals surface area (Å²) in [5.41, 5.74) is 3.25. The lowest BCUT2D eigenvalue weighted by Crippen LogP contribution is -2.57. The maximum absolute atomic E-state index is 14.1. The molecular weight excluding hydrogens is 558 g/mol. The Kier molecular flexibility index (Phi) is 8.01. The van der Waals surface area contributed by atoms with Crippen LogP contribution in [0, 0.1) is 0 Å². The topological polar surface area (TPSA) is 131 Å². The average Bonchev–Trinajstić information content (AvgIpc) is 3.63. The zero-order valence-electron chi connectivity index (χ0n) is 24.6. The number of fused-ring (bicyclic) bond motifs is 1. The molecule has 1 aromatic heterocycles. The second-order valence-corrected chi connectivity index (χ2v) is 11.4. The highest BCUT2D eigenvalue weighted by atomic mass is 16.2. The number of piperidine rings is 1. The number of rotatable bonds is 8. The first-order valence-corrected chi connectivity index (χ1v) is 14.8. The molecule has 0 bridgehead atoms. The van der Waals surface area contributed by atoms with Crippen LogP contribution in [0.1, 0.15) is 34.3 Å². The van der Waals surface area contributed by atoms with E-state index < -0.39 is 5.54 Å². The Morgan fingerprint density at radius 2 is 1.70 bits per heavy atom. The molecule has 11 heteroatoms. The number of carbonyl (C=O) groups is 4. The van der Waals surface area contributed by atoms with Gasteiger partial charge in [0.05, 0.1) is 24.8 Å². The van der Waals surface area contributed by atoms with Crippen molar-refractivity contribution in [2.24, 2.45) is 0 Å². The summed E-state index contributed by atoms with van der Waals surface area (Å²) in [5, 5.41) is 13.4. The monoisotopic (exact) mass is 593 g/mol. The Morgan fingerprint density at radius 3 is 2.48 bits per heavy atom. The number of aromatic nitrogens is 2. The molecule has 0 atom stereocenters. The number of amides is 4. The first kappa shape index (κ1) is 28.9. The molecule has 2 aliphatic heterocycles. The second kappa shape index (κ2) is 12.2. The quantitative estimate of drug-likeness (QED) is 0.288. The third-order valence-electron chi connectivity index (χ3n) is 8.61. The molecule has 11 nitrogen and oxygen atoms in total. The minimum atomic E-state index is -0.846. The molecule has 0 aliphatic carbocycles. The lowest BCUT2D eigenvalue weighted by molar-refractivity contribution is -0.137. The lowest BCUT2D eigenvalue weighted by atomic mass is 9.85. The van der Waals surface area contributed by atoms with Crippen molar-refractivity contribution in [1.82, 2.24) is 30.6 Å². The molecular formula is C33H35N7O4. The molecule has 0 saturated carbocycles. The maximum Gasteiger partial charge on any atom is 0.253 e. The summed E-state index contributed by atoms with van der Waals surface area (Å²) in [6.45, 7) is 1.34. The van der Waals surface area contributed by atoms with Crippen LogP contribution in [0.4, 0.5) is 5.69 Å². The number of carbonyl (C=O) groups excluding carboxylic acids is 4. The first-order valence-electron chi connectivity index (χ1n) is 14.8. The number of nitrogens with one attached hydrogen (secondary N) is 3. The summed E-state index contributed by atoms with van der Waals surface area (Å²) in [5.74, 6) is -0.518. The third kappa shape index (κ3) is 5.72. The van der Waals surface area contributed by atoms with Crippen molar-refractivity contribution in [2.45, 2.75) is 31.3 Å². The molecule has 0 unspecified atom stereocenters. The van der Waals surface area contributed by atoms with Gasteiger partial charge in [-0.1, -0.05) is 42.5 Å². The zero-order chi connectivity index (χ0) is 30.7. The van der Waals surface area contributed by atoms with Crippen molar-refractivity contribution in [3.63, 3.8) is 0 Å². The number of hydrogen-bond donors (Lipinski definition) is 3. The van der Waals surface area contributed by atoms with Gasteiger partial charge in [-0.05, 0) is 54.3 Å². The number of nitrogens with zero attached hydrogens (tertiary/aromatic N) is 4. The van der Waals surface area contributed by atoms with Crippen molar-refractivity contribution < 1.29 is 19.2 Å². The largest absolute Gasteiger partial charge is 0.359 e. The molecule has 4 aromatic rings. The molecule has 2 fully saturated rings. The molecule has 6 rings (SSSR count).